The highest BCUT2D eigenvalue weighted by Gasteiger charge is 2.33. The fraction of sp³-hybridized carbons (Fsp3) is 0.556. The SMILES string of the molecule is COCCNCCNC(=O)C1CC(=O)N(Cc2ccc(C)cc2)C1. The summed E-state index contributed by atoms with van der Waals surface area (Å²) in [5.74, 6) is -0.237. The molecule has 1 fully saturated rings. The van der Waals surface area contributed by atoms with Gasteiger partial charge >= 0.3 is 0 Å². The average Bonchev–Trinajstić information content (AvgIpc) is 2.94. The largest absolute Gasteiger partial charge is 0.383 e. The molecule has 1 atom stereocenters. The highest BCUT2D eigenvalue weighted by Crippen LogP contribution is 2.20. The van der Waals surface area contributed by atoms with E-state index >= 15 is 0 Å². The molecule has 6 nitrogen and oxygen atoms in total. The maximum Gasteiger partial charge on any atom is 0.225 e. The van der Waals surface area contributed by atoms with Gasteiger partial charge in [0.2, 0.25) is 11.8 Å². The highest BCUT2D eigenvalue weighted by molar-refractivity contribution is 5.89. The first-order valence-corrected chi connectivity index (χ1v) is 8.41. The topological polar surface area (TPSA) is 70.7 Å². The monoisotopic (exact) mass is 333 g/mol. The third-order valence-corrected chi connectivity index (χ3v) is 4.16. The van der Waals surface area contributed by atoms with Crippen LogP contribution in [-0.2, 0) is 20.9 Å². The summed E-state index contributed by atoms with van der Waals surface area (Å²) in [5, 5.41) is 6.06. The number of nitrogens with one attached hydrogen (secondary N) is 2. The summed E-state index contributed by atoms with van der Waals surface area (Å²) in [6.07, 6.45) is 0.300. The minimum absolute atomic E-state index is 0.0386. The van der Waals surface area contributed by atoms with Crippen LogP contribution in [0.4, 0.5) is 0 Å². The molecule has 1 aliphatic heterocycles. The first-order chi connectivity index (χ1) is 11.6. The second-order valence-electron chi connectivity index (χ2n) is 6.19. The molecule has 1 aromatic rings. The van der Waals surface area contributed by atoms with Crippen molar-refractivity contribution in [3.05, 3.63) is 35.4 Å². The van der Waals surface area contributed by atoms with E-state index in [-0.39, 0.29) is 17.7 Å². The number of carbonyl (C=O) groups is 2. The number of rotatable bonds is 9. The van der Waals surface area contributed by atoms with Crippen LogP contribution in [0.25, 0.3) is 0 Å². The van der Waals surface area contributed by atoms with Crippen LogP contribution in [0.2, 0.25) is 0 Å². The minimum atomic E-state index is -0.248. The number of hydrogen-bond donors (Lipinski definition) is 2. The molecule has 2 amide bonds. The van der Waals surface area contributed by atoms with E-state index in [0.29, 0.717) is 39.2 Å². The standard InChI is InChI=1S/C18H27N3O3/c1-14-3-5-15(6-4-14)12-21-13-16(11-17(21)22)18(23)20-8-7-19-9-10-24-2/h3-6,16,19H,7-13H2,1-2H3,(H,20,23). The van der Waals surface area contributed by atoms with Crippen LogP contribution in [0.15, 0.2) is 24.3 Å². The van der Waals surface area contributed by atoms with Gasteiger partial charge in [-0.05, 0) is 12.5 Å². The van der Waals surface area contributed by atoms with Crippen molar-refractivity contribution in [2.45, 2.75) is 19.9 Å². The number of nitrogens with zero attached hydrogens (tertiary/aromatic N) is 1. The van der Waals surface area contributed by atoms with Crippen LogP contribution in [0, 0.1) is 12.8 Å². The molecule has 6 heteroatoms. The Labute approximate surface area is 143 Å². The van der Waals surface area contributed by atoms with E-state index in [9.17, 15) is 9.59 Å². The van der Waals surface area contributed by atoms with Crippen molar-refractivity contribution in [2.75, 3.05) is 39.9 Å². The summed E-state index contributed by atoms with van der Waals surface area (Å²) in [4.78, 5) is 26.1. The van der Waals surface area contributed by atoms with Crippen molar-refractivity contribution >= 4 is 11.8 Å². The van der Waals surface area contributed by atoms with Gasteiger partial charge in [-0.2, -0.15) is 0 Å². The zero-order valence-corrected chi connectivity index (χ0v) is 14.5. The van der Waals surface area contributed by atoms with Gasteiger partial charge in [0, 0.05) is 46.3 Å². The van der Waals surface area contributed by atoms with Crippen LogP contribution in [-0.4, -0.2) is 56.6 Å². The van der Waals surface area contributed by atoms with Crippen molar-refractivity contribution in [1.82, 2.24) is 15.5 Å². The van der Waals surface area contributed by atoms with Crippen LogP contribution < -0.4 is 10.6 Å². The van der Waals surface area contributed by atoms with Crippen LogP contribution in [0.1, 0.15) is 17.5 Å². The van der Waals surface area contributed by atoms with E-state index < -0.39 is 0 Å². The lowest BCUT2D eigenvalue weighted by Gasteiger charge is -2.17. The molecular weight excluding hydrogens is 306 g/mol. The van der Waals surface area contributed by atoms with Crippen LogP contribution in [0.3, 0.4) is 0 Å². The maximum atomic E-state index is 12.2. The lowest BCUT2D eigenvalue weighted by atomic mass is 10.1. The summed E-state index contributed by atoms with van der Waals surface area (Å²) >= 11 is 0. The van der Waals surface area contributed by atoms with Gasteiger partial charge in [-0.15, -0.1) is 0 Å². The molecule has 1 aliphatic rings. The van der Waals surface area contributed by atoms with E-state index in [0.717, 1.165) is 12.1 Å². The van der Waals surface area contributed by atoms with E-state index in [4.69, 9.17) is 4.74 Å². The van der Waals surface area contributed by atoms with Crippen molar-refractivity contribution in [3.63, 3.8) is 0 Å². The van der Waals surface area contributed by atoms with Crippen LogP contribution >= 0.6 is 0 Å². The Balaban J connectivity index is 1.72. The second kappa shape index (κ2) is 9.39. The van der Waals surface area contributed by atoms with E-state index in [1.807, 2.05) is 31.2 Å². The van der Waals surface area contributed by atoms with Crippen molar-refractivity contribution in [1.29, 1.82) is 0 Å². The van der Waals surface area contributed by atoms with Crippen molar-refractivity contribution in [2.24, 2.45) is 5.92 Å². The zero-order chi connectivity index (χ0) is 17.4. The molecule has 1 saturated heterocycles. The molecule has 132 valence electrons. The first-order valence-electron chi connectivity index (χ1n) is 8.41. The number of amides is 2. The number of carbonyl (C=O) groups excluding carboxylic acids is 2. The normalized spacial score (nSPS) is 17.3. The van der Waals surface area contributed by atoms with Gasteiger partial charge in [-0.1, -0.05) is 29.8 Å². The van der Waals surface area contributed by atoms with E-state index in [2.05, 4.69) is 10.6 Å². The second-order valence-corrected chi connectivity index (χ2v) is 6.19. The smallest absolute Gasteiger partial charge is 0.225 e. The number of aryl methyl sites for hydroxylation is 1. The Kier molecular flexibility index (Phi) is 7.21. The molecule has 2 N–H and O–H groups in total. The number of likely N-dealkylation sites (tertiary alicyclic amines) is 1. The lowest BCUT2D eigenvalue weighted by molar-refractivity contribution is -0.129. The summed E-state index contributed by atoms with van der Waals surface area (Å²) in [7, 11) is 1.66. The van der Waals surface area contributed by atoms with E-state index in [1.54, 1.807) is 12.0 Å². The molecule has 2 rings (SSSR count). The quantitative estimate of drug-likeness (QED) is 0.653. The fourth-order valence-corrected chi connectivity index (χ4v) is 2.73. The molecule has 0 spiro atoms. The van der Waals surface area contributed by atoms with Crippen molar-refractivity contribution in [3.8, 4) is 0 Å². The minimum Gasteiger partial charge on any atom is -0.383 e. The third-order valence-electron chi connectivity index (χ3n) is 4.16. The van der Waals surface area contributed by atoms with Gasteiger partial charge in [0.25, 0.3) is 0 Å². The molecule has 0 radical (unpaired) electrons. The van der Waals surface area contributed by atoms with Gasteiger partial charge in [0.15, 0.2) is 0 Å². The highest BCUT2D eigenvalue weighted by atomic mass is 16.5. The Hall–Kier alpha value is -1.92. The third kappa shape index (κ3) is 5.62. The van der Waals surface area contributed by atoms with Gasteiger partial charge in [0.05, 0.1) is 12.5 Å². The Bertz CT molecular complexity index is 545. The molecule has 24 heavy (non-hydrogen) atoms. The summed E-state index contributed by atoms with van der Waals surface area (Å²) in [6, 6.07) is 8.14. The fourth-order valence-electron chi connectivity index (χ4n) is 2.73. The summed E-state index contributed by atoms with van der Waals surface area (Å²) in [6.45, 7) is 5.78. The Morgan fingerprint density at radius 2 is 2.00 bits per heavy atom. The summed E-state index contributed by atoms with van der Waals surface area (Å²) < 4.78 is 4.94. The van der Waals surface area contributed by atoms with Gasteiger partial charge in [-0.3, -0.25) is 9.59 Å². The number of benzene rings is 1. The number of hydrogen-bond acceptors (Lipinski definition) is 4. The molecule has 0 aliphatic carbocycles. The molecule has 0 saturated carbocycles. The zero-order valence-electron chi connectivity index (χ0n) is 14.5. The van der Waals surface area contributed by atoms with Crippen LogP contribution in [0.5, 0.6) is 0 Å². The molecular formula is C18H27N3O3. The lowest BCUT2D eigenvalue weighted by Crippen LogP contribution is -2.37. The first kappa shape index (κ1) is 18.4. The predicted molar refractivity (Wildman–Crippen MR) is 92.5 cm³/mol. The Morgan fingerprint density at radius 1 is 1.25 bits per heavy atom. The van der Waals surface area contributed by atoms with Gasteiger partial charge in [-0.25, -0.2) is 0 Å². The van der Waals surface area contributed by atoms with Gasteiger partial charge < -0.3 is 20.3 Å². The molecule has 1 aromatic carbocycles. The molecule has 0 bridgehead atoms. The predicted octanol–water partition coefficient (Wildman–Crippen LogP) is 0.696. The van der Waals surface area contributed by atoms with Gasteiger partial charge in [0.1, 0.15) is 0 Å². The summed E-state index contributed by atoms with van der Waals surface area (Å²) in [5.41, 5.74) is 2.29. The average molecular weight is 333 g/mol. The number of ether oxygens (including phenoxy) is 1. The molecule has 0 aromatic heterocycles. The molecule has 1 unspecified atom stereocenters. The molecule has 1 heterocycles. The Morgan fingerprint density at radius 3 is 2.71 bits per heavy atom. The number of methoxy groups -OCH3 is 1. The van der Waals surface area contributed by atoms with E-state index in [1.165, 1.54) is 5.56 Å². The van der Waals surface area contributed by atoms with Crippen molar-refractivity contribution < 1.29 is 14.3 Å². The maximum absolute atomic E-state index is 12.2.